The third-order valence-electron chi connectivity index (χ3n) is 2.95. The van der Waals surface area contributed by atoms with Crippen molar-refractivity contribution in [2.24, 2.45) is 0 Å². The largest absolute Gasteiger partial charge is 0.370 e. The lowest BCUT2D eigenvalue weighted by atomic mass is 9.87. The van der Waals surface area contributed by atoms with Gasteiger partial charge in [0.2, 0.25) is 0 Å². The van der Waals surface area contributed by atoms with Crippen molar-refractivity contribution < 1.29 is 0 Å². The van der Waals surface area contributed by atoms with Gasteiger partial charge in [0.25, 0.3) is 0 Å². The van der Waals surface area contributed by atoms with E-state index < -0.39 is 0 Å². The van der Waals surface area contributed by atoms with Crippen molar-refractivity contribution in [1.29, 1.82) is 0 Å². The number of anilines is 3. The molecular formula is C15H20N4. The smallest absolute Gasteiger partial charge is 0.173 e. The van der Waals surface area contributed by atoms with E-state index in [1.165, 1.54) is 5.56 Å². The van der Waals surface area contributed by atoms with Crippen LogP contribution in [0.2, 0.25) is 0 Å². The predicted octanol–water partition coefficient (Wildman–Crippen LogP) is 3.56. The number of aromatic nitrogens is 2. The highest BCUT2D eigenvalue weighted by Crippen LogP contribution is 2.25. The molecule has 0 spiro atoms. The minimum atomic E-state index is 0.168. The molecule has 0 atom stereocenters. The number of hydrogen-bond donors (Lipinski definition) is 2. The summed E-state index contributed by atoms with van der Waals surface area (Å²) in [6.45, 7) is 6.62. The van der Waals surface area contributed by atoms with Crippen molar-refractivity contribution in [3.8, 4) is 0 Å². The van der Waals surface area contributed by atoms with Gasteiger partial charge in [-0.1, -0.05) is 32.9 Å². The third-order valence-corrected chi connectivity index (χ3v) is 2.95. The van der Waals surface area contributed by atoms with Gasteiger partial charge in [-0.15, -0.1) is 0 Å². The zero-order valence-corrected chi connectivity index (χ0v) is 11.9. The van der Waals surface area contributed by atoms with Crippen LogP contribution in [0.1, 0.15) is 26.3 Å². The Bertz CT molecular complexity index is 541. The second kappa shape index (κ2) is 5.26. The number of benzene rings is 1. The molecule has 4 nitrogen and oxygen atoms in total. The van der Waals surface area contributed by atoms with Gasteiger partial charge in [0.05, 0.1) is 0 Å². The van der Waals surface area contributed by atoms with E-state index in [9.17, 15) is 0 Å². The van der Waals surface area contributed by atoms with Gasteiger partial charge in [-0.25, -0.2) is 9.97 Å². The van der Waals surface area contributed by atoms with Crippen molar-refractivity contribution in [3.05, 3.63) is 42.2 Å². The van der Waals surface area contributed by atoms with E-state index in [1.54, 1.807) is 12.4 Å². The topological polar surface area (TPSA) is 49.8 Å². The fourth-order valence-electron chi connectivity index (χ4n) is 1.80. The maximum atomic E-state index is 4.28. The van der Waals surface area contributed by atoms with Gasteiger partial charge in [0.1, 0.15) is 0 Å². The Morgan fingerprint density at radius 1 is 0.895 bits per heavy atom. The first kappa shape index (κ1) is 13.3. The van der Waals surface area contributed by atoms with E-state index in [1.807, 2.05) is 7.05 Å². The van der Waals surface area contributed by atoms with Crippen LogP contribution in [0.3, 0.4) is 0 Å². The maximum Gasteiger partial charge on any atom is 0.173 e. The van der Waals surface area contributed by atoms with E-state index in [0.717, 1.165) is 17.3 Å². The highest BCUT2D eigenvalue weighted by atomic mass is 15.1. The van der Waals surface area contributed by atoms with Crippen LogP contribution in [0.4, 0.5) is 17.3 Å². The maximum absolute atomic E-state index is 4.28. The van der Waals surface area contributed by atoms with E-state index in [0.29, 0.717) is 0 Å². The normalized spacial score (nSPS) is 11.2. The Labute approximate surface area is 114 Å². The molecule has 2 N–H and O–H groups in total. The molecule has 2 rings (SSSR count). The van der Waals surface area contributed by atoms with Crippen molar-refractivity contribution in [3.63, 3.8) is 0 Å². The molecule has 0 aliphatic carbocycles. The summed E-state index contributed by atoms with van der Waals surface area (Å²) in [4.78, 5) is 8.49. The van der Waals surface area contributed by atoms with Gasteiger partial charge >= 0.3 is 0 Å². The summed E-state index contributed by atoms with van der Waals surface area (Å²) in [5.74, 6) is 1.47. The molecule has 100 valence electrons. The number of nitrogens with one attached hydrogen (secondary N) is 2. The van der Waals surface area contributed by atoms with E-state index in [2.05, 4.69) is 65.6 Å². The van der Waals surface area contributed by atoms with Crippen LogP contribution in [0, 0.1) is 0 Å². The zero-order chi connectivity index (χ0) is 13.9. The molecule has 0 aliphatic rings. The molecule has 1 heterocycles. The summed E-state index contributed by atoms with van der Waals surface area (Å²) in [7, 11) is 1.83. The SMILES string of the molecule is CNc1nccnc1Nc1ccc(C(C)(C)C)cc1. The first-order chi connectivity index (χ1) is 9.00. The van der Waals surface area contributed by atoms with Gasteiger partial charge in [0.15, 0.2) is 11.6 Å². The highest BCUT2D eigenvalue weighted by molar-refractivity contribution is 5.67. The monoisotopic (exact) mass is 256 g/mol. The molecule has 0 fully saturated rings. The van der Waals surface area contributed by atoms with E-state index in [-0.39, 0.29) is 5.41 Å². The van der Waals surface area contributed by atoms with Crippen LogP contribution in [0.15, 0.2) is 36.7 Å². The summed E-state index contributed by atoms with van der Waals surface area (Å²) in [6, 6.07) is 8.40. The van der Waals surface area contributed by atoms with Gasteiger partial charge in [-0.2, -0.15) is 0 Å². The highest BCUT2D eigenvalue weighted by Gasteiger charge is 2.13. The molecule has 0 saturated heterocycles. The molecule has 4 heteroatoms. The number of hydrogen-bond acceptors (Lipinski definition) is 4. The molecule has 19 heavy (non-hydrogen) atoms. The molecule has 0 bridgehead atoms. The van der Waals surface area contributed by atoms with Crippen LogP contribution >= 0.6 is 0 Å². The quantitative estimate of drug-likeness (QED) is 0.881. The lowest BCUT2D eigenvalue weighted by Crippen LogP contribution is -2.10. The van der Waals surface area contributed by atoms with Crippen molar-refractivity contribution >= 4 is 17.3 Å². The van der Waals surface area contributed by atoms with E-state index >= 15 is 0 Å². The Hall–Kier alpha value is -2.10. The molecule has 0 saturated carbocycles. The van der Waals surface area contributed by atoms with Gasteiger partial charge < -0.3 is 10.6 Å². The molecule has 0 unspecified atom stereocenters. The van der Waals surface area contributed by atoms with Crippen molar-refractivity contribution in [1.82, 2.24) is 9.97 Å². The lowest BCUT2D eigenvalue weighted by molar-refractivity contribution is 0.590. The van der Waals surface area contributed by atoms with Gasteiger partial charge in [-0.3, -0.25) is 0 Å². The first-order valence-corrected chi connectivity index (χ1v) is 6.37. The summed E-state index contributed by atoms with van der Waals surface area (Å²) in [5.41, 5.74) is 2.48. The summed E-state index contributed by atoms with van der Waals surface area (Å²) < 4.78 is 0. The van der Waals surface area contributed by atoms with Crippen molar-refractivity contribution in [2.45, 2.75) is 26.2 Å². The standard InChI is InChI=1S/C15H20N4/c1-15(2,3)11-5-7-12(8-6-11)19-14-13(16-4)17-9-10-18-14/h5-10H,1-4H3,(H,16,17)(H,18,19). The second-order valence-electron chi connectivity index (χ2n) is 5.46. The zero-order valence-electron chi connectivity index (χ0n) is 11.9. The van der Waals surface area contributed by atoms with Crippen LogP contribution in [0.25, 0.3) is 0 Å². The van der Waals surface area contributed by atoms with Crippen LogP contribution < -0.4 is 10.6 Å². The number of rotatable bonds is 3. The summed E-state index contributed by atoms with van der Waals surface area (Å²) in [6.07, 6.45) is 3.34. The Morgan fingerprint density at radius 2 is 1.47 bits per heavy atom. The average Bonchev–Trinajstić information content (AvgIpc) is 2.39. The fraction of sp³-hybridized carbons (Fsp3) is 0.333. The summed E-state index contributed by atoms with van der Waals surface area (Å²) in [5, 5.41) is 6.28. The molecule has 0 aliphatic heterocycles. The molecular weight excluding hydrogens is 236 g/mol. The molecule has 2 aromatic rings. The molecule has 0 amide bonds. The minimum Gasteiger partial charge on any atom is -0.370 e. The van der Waals surface area contributed by atoms with Crippen LogP contribution in [-0.2, 0) is 5.41 Å². The molecule has 1 aromatic heterocycles. The minimum absolute atomic E-state index is 0.168. The average molecular weight is 256 g/mol. The van der Waals surface area contributed by atoms with Gasteiger partial charge in [0, 0.05) is 25.1 Å². The Kier molecular flexibility index (Phi) is 3.69. The Morgan fingerprint density at radius 3 is 2.00 bits per heavy atom. The van der Waals surface area contributed by atoms with Crippen molar-refractivity contribution in [2.75, 3.05) is 17.7 Å². The predicted molar refractivity (Wildman–Crippen MR) is 80.0 cm³/mol. The Balaban J connectivity index is 2.20. The second-order valence-corrected chi connectivity index (χ2v) is 5.46. The first-order valence-electron chi connectivity index (χ1n) is 6.37. The fourth-order valence-corrected chi connectivity index (χ4v) is 1.80. The van der Waals surface area contributed by atoms with E-state index in [4.69, 9.17) is 0 Å². The summed E-state index contributed by atoms with van der Waals surface area (Å²) >= 11 is 0. The molecule has 0 radical (unpaired) electrons. The lowest BCUT2D eigenvalue weighted by Gasteiger charge is -2.19. The van der Waals surface area contributed by atoms with Gasteiger partial charge in [-0.05, 0) is 23.1 Å². The van der Waals surface area contributed by atoms with Crippen LogP contribution in [-0.4, -0.2) is 17.0 Å². The third kappa shape index (κ3) is 3.22. The number of nitrogens with zero attached hydrogens (tertiary/aromatic N) is 2. The molecule has 1 aromatic carbocycles. The van der Waals surface area contributed by atoms with Crippen LogP contribution in [0.5, 0.6) is 0 Å².